The van der Waals surface area contributed by atoms with Gasteiger partial charge < -0.3 is 10.6 Å². The van der Waals surface area contributed by atoms with E-state index in [1.54, 1.807) is 6.07 Å². The zero-order valence-electron chi connectivity index (χ0n) is 12.1. The number of allylic oxidation sites excluding steroid dienone is 2. The number of rotatable bonds is 4. The maximum Gasteiger partial charge on any atom is 0.228 e. The summed E-state index contributed by atoms with van der Waals surface area (Å²) in [4.78, 5) is 23.8. The van der Waals surface area contributed by atoms with Crippen molar-refractivity contribution in [1.29, 1.82) is 0 Å². The van der Waals surface area contributed by atoms with Crippen molar-refractivity contribution in [3.63, 3.8) is 0 Å². The minimum atomic E-state index is -0.0308. The van der Waals surface area contributed by atoms with Gasteiger partial charge in [-0.25, -0.2) is 0 Å². The Morgan fingerprint density at radius 1 is 1.14 bits per heavy atom. The fraction of sp³-hybridized carbons (Fsp3) is 0.412. The average Bonchev–Trinajstić information content (AvgIpc) is 3.10. The van der Waals surface area contributed by atoms with Crippen LogP contribution in [0.25, 0.3) is 0 Å². The van der Waals surface area contributed by atoms with Crippen LogP contribution < -0.4 is 10.6 Å². The summed E-state index contributed by atoms with van der Waals surface area (Å²) in [6.07, 6.45) is 6.92. The average molecular weight is 284 g/mol. The van der Waals surface area contributed by atoms with Gasteiger partial charge in [-0.15, -0.1) is 0 Å². The zero-order chi connectivity index (χ0) is 14.8. The number of nitrogens with one attached hydrogen (secondary N) is 2. The van der Waals surface area contributed by atoms with Gasteiger partial charge in [0.1, 0.15) is 0 Å². The maximum atomic E-state index is 12.4. The Balaban J connectivity index is 1.65. The predicted molar refractivity (Wildman–Crippen MR) is 82.8 cm³/mol. The number of carbonyl (C=O) groups excluding carboxylic acids is 2. The largest absolute Gasteiger partial charge is 0.326 e. The number of amides is 2. The van der Waals surface area contributed by atoms with Crippen molar-refractivity contribution in [2.75, 3.05) is 10.6 Å². The van der Waals surface area contributed by atoms with Gasteiger partial charge in [-0.05, 0) is 42.9 Å². The highest BCUT2D eigenvalue weighted by atomic mass is 16.2. The van der Waals surface area contributed by atoms with Gasteiger partial charge in [-0.3, -0.25) is 9.59 Å². The summed E-state index contributed by atoms with van der Waals surface area (Å²) in [6.45, 7) is 1.81. The molecule has 0 aliphatic heterocycles. The molecular formula is C17H20N2O2. The third-order valence-corrected chi connectivity index (χ3v) is 4.35. The summed E-state index contributed by atoms with van der Waals surface area (Å²) in [5.41, 5.74) is 1.45. The second-order valence-corrected chi connectivity index (χ2v) is 5.86. The van der Waals surface area contributed by atoms with E-state index in [9.17, 15) is 9.59 Å². The summed E-state index contributed by atoms with van der Waals surface area (Å²) in [7, 11) is 0. The first-order valence-electron chi connectivity index (χ1n) is 7.55. The van der Waals surface area contributed by atoms with Gasteiger partial charge in [0.2, 0.25) is 11.8 Å². The summed E-state index contributed by atoms with van der Waals surface area (Å²) in [6, 6.07) is 7.31. The van der Waals surface area contributed by atoms with Crippen LogP contribution in [-0.2, 0) is 9.59 Å². The SMILES string of the molecule is CCC(=O)Nc1cccc(NC(=O)[C@@H]2C[C@H]3C=C[C@H]2C3)c1. The number of anilines is 2. The van der Waals surface area contributed by atoms with E-state index in [-0.39, 0.29) is 17.7 Å². The number of fused-ring (bicyclic) bond motifs is 2. The summed E-state index contributed by atoms with van der Waals surface area (Å²) >= 11 is 0. The number of hydrogen-bond donors (Lipinski definition) is 2. The molecule has 2 aliphatic carbocycles. The van der Waals surface area contributed by atoms with E-state index in [0.29, 0.717) is 23.9 Å². The highest BCUT2D eigenvalue weighted by Crippen LogP contribution is 2.43. The Hall–Kier alpha value is -2.10. The summed E-state index contributed by atoms with van der Waals surface area (Å²) < 4.78 is 0. The fourth-order valence-electron chi connectivity index (χ4n) is 3.24. The van der Waals surface area contributed by atoms with Crippen molar-refractivity contribution < 1.29 is 9.59 Å². The van der Waals surface area contributed by atoms with Gasteiger partial charge in [-0.1, -0.05) is 25.1 Å². The molecule has 0 unspecified atom stereocenters. The molecule has 1 fully saturated rings. The van der Waals surface area contributed by atoms with Crippen molar-refractivity contribution in [2.24, 2.45) is 17.8 Å². The highest BCUT2D eigenvalue weighted by Gasteiger charge is 2.39. The number of benzene rings is 1. The van der Waals surface area contributed by atoms with E-state index in [1.165, 1.54) is 0 Å². The molecule has 21 heavy (non-hydrogen) atoms. The summed E-state index contributed by atoms with van der Waals surface area (Å²) in [5, 5.41) is 5.78. The van der Waals surface area contributed by atoms with Crippen LogP contribution >= 0.6 is 0 Å². The van der Waals surface area contributed by atoms with Gasteiger partial charge in [0.25, 0.3) is 0 Å². The molecule has 0 heterocycles. The third kappa shape index (κ3) is 2.99. The van der Waals surface area contributed by atoms with Crippen LogP contribution in [0.15, 0.2) is 36.4 Å². The summed E-state index contributed by atoms with van der Waals surface area (Å²) in [5.74, 6) is 1.13. The second kappa shape index (κ2) is 5.72. The van der Waals surface area contributed by atoms with Crippen molar-refractivity contribution in [3.05, 3.63) is 36.4 Å². The van der Waals surface area contributed by atoms with Crippen molar-refractivity contribution in [3.8, 4) is 0 Å². The molecular weight excluding hydrogens is 264 g/mol. The van der Waals surface area contributed by atoms with Crippen molar-refractivity contribution in [2.45, 2.75) is 26.2 Å². The molecule has 3 atom stereocenters. The van der Waals surface area contributed by atoms with Crippen LogP contribution in [0.5, 0.6) is 0 Å². The Morgan fingerprint density at radius 2 is 1.90 bits per heavy atom. The third-order valence-electron chi connectivity index (χ3n) is 4.35. The Morgan fingerprint density at radius 3 is 2.52 bits per heavy atom. The standard InChI is InChI=1S/C17H20N2O2/c1-2-16(20)18-13-4-3-5-14(10-13)19-17(21)15-9-11-6-7-12(15)8-11/h3-7,10-12,15H,2,8-9H2,1H3,(H,18,20)(H,19,21)/t11-,12-,15+/m0/s1. The minimum Gasteiger partial charge on any atom is -0.326 e. The van der Waals surface area contributed by atoms with Gasteiger partial charge >= 0.3 is 0 Å². The molecule has 0 spiro atoms. The minimum absolute atomic E-state index is 0.0308. The lowest BCUT2D eigenvalue weighted by Gasteiger charge is -2.17. The molecule has 1 aromatic rings. The lowest BCUT2D eigenvalue weighted by atomic mass is 9.93. The van der Waals surface area contributed by atoms with E-state index in [4.69, 9.17) is 0 Å². The van der Waals surface area contributed by atoms with Crippen molar-refractivity contribution >= 4 is 23.2 Å². The molecule has 3 rings (SSSR count). The van der Waals surface area contributed by atoms with Crippen LogP contribution in [0.2, 0.25) is 0 Å². The molecule has 0 aromatic heterocycles. The lowest BCUT2D eigenvalue weighted by molar-refractivity contribution is -0.120. The van der Waals surface area contributed by atoms with Crippen LogP contribution in [0.1, 0.15) is 26.2 Å². The van der Waals surface area contributed by atoms with Gasteiger partial charge in [-0.2, -0.15) is 0 Å². The Kier molecular flexibility index (Phi) is 3.78. The first-order valence-corrected chi connectivity index (χ1v) is 7.55. The van der Waals surface area contributed by atoms with Gasteiger partial charge in [0.15, 0.2) is 0 Å². The second-order valence-electron chi connectivity index (χ2n) is 5.86. The van der Waals surface area contributed by atoms with E-state index in [1.807, 2.05) is 25.1 Å². The van der Waals surface area contributed by atoms with Crippen LogP contribution in [0.4, 0.5) is 11.4 Å². The lowest BCUT2D eigenvalue weighted by Crippen LogP contribution is -2.25. The van der Waals surface area contributed by atoms with Gasteiger partial charge in [0.05, 0.1) is 0 Å². The van der Waals surface area contributed by atoms with E-state index < -0.39 is 0 Å². The predicted octanol–water partition coefficient (Wildman–Crippen LogP) is 3.19. The smallest absolute Gasteiger partial charge is 0.228 e. The van der Waals surface area contributed by atoms with Crippen LogP contribution in [-0.4, -0.2) is 11.8 Å². The zero-order valence-corrected chi connectivity index (χ0v) is 12.1. The highest BCUT2D eigenvalue weighted by molar-refractivity contribution is 5.95. The molecule has 2 aliphatic rings. The Bertz CT molecular complexity index is 594. The van der Waals surface area contributed by atoms with Crippen molar-refractivity contribution in [1.82, 2.24) is 0 Å². The van der Waals surface area contributed by atoms with E-state index >= 15 is 0 Å². The first-order chi connectivity index (χ1) is 10.2. The topological polar surface area (TPSA) is 58.2 Å². The quantitative estimate of drug-likeness (QED) is 0.834. The number of carbonyl (C=O) groups is 2. The normalized spacial score (nSPS) is 25.9. The molecule has 4 nitrogen and oxygen atoms in total. The molecule has 2 bridgehead atoms. The molecule has 0 radical (unpaired) electrons. The monoisotopic (exact) mass is 284 g/mol. The number of hydrogen-bond acceptors (Lipinski definition) is 2. The molecule has 2 amide bonds. The van der Waals surface area contributed by atoms with E-state index in [2.05, 4.69) is 22.8 Å². The van der Waals surface area contributed by atoms with E-state index in [0.717, 1.165) is 18.5 Å². The van der Waals surface area contributed by atoms with Crippen LogP contribution in [0.3, 0.4) is 0 Å². The van der Waals surface area contributed by atoms with Crippen LogP contribution in [0, 0.1) is 17.8 Å². The maximum absolute atomic E-state index is 12.4. The Labute approximate surface area is 124 Å². The molecule has 0 saturated heterocycles. The molecule has 1 aromatic carbocycles. The van der Waals surface area contributed by atoms with Gasteiger partial charge in [0, 0.05) is 23.7 Å². The molecule has 4 heteroatoms. The fourth-order valence-corrected chi connectivity index (χ4v) is 3.24. The molecule has 1 saturated carbocycles. The first kappa shape index (κ1) is 13.9. The molecule has 110 valence electrons. The molecule has 2 N–H and O–H groups in total.